The molecule has 0 saturated carbocycles. The van der Waals surface area contributed by atoms with Gasteiger partial charge in [0.15, 0.2) is 5.82 Å². The Morgan fingerprint density at radius 2 is 1.73 bits per heavy atom. The molecule has 0 spiro atoms. The average molecular weight is 546 g/mol. The zero-order chi connectivity index (χ0) is 27.9. The van der Waals surface area contributed by atoms with E-state index in [1.165, 1.54) is 0 Å². The molecule has 1 atom stereocenters. The van der Waals surface area contributed by atoms with E-state index in [1.807, 2.05) is 41.3 Å². The largest absolute Gasteiger partial charge is 0.497 e. The molecule has 210 valence electrons. The summed E-state index contributed by atoms with van der Waals surface area (Å²) in [5.41, 5.74) is 2.22. The normalized spacial score (nSPS) is 17.0. The molecule has 2 aliphatic rings. The van der Waals surface area contributed by atoms with Crippen LogP contribution in [0.2, 0.25) is 0 Å². The van der Waals surface area contributed by atoms with Gasteiger partial charge in [-0.3, -0.25) is 9.59 Å². The summed E-state index contributed by atoms with van der Waals surface area (Å²) in [4.78, 5) is 32.3. The van der Waals surface area contributed by atoms with Gasteiger partial charge < -0.3 is 28.9 Å². The predicted molar refractivity (Wildman–Crippen MR) is 151 cm³/mol. The highest BCUT2D eigenvalue weighted by Gasteiger charge is 2.29. The maximum absolute atomic E-state index is 13.4. The van der Waals surface area contributed by atoms with Crippen molar-refractivity contribution in [1.29, 1.82) is 0 Å². The minimum atomic E-state index is -0.184. The van der Waals surface area contributed by atoms with Crippen molar-refractivity contribution in [3.05, 3.63) is 66.2 Å². The Morgan fingerprint density at radius 1 is 0.950 bits per heavy atom. The lowest BCUT2D eigenvalue weighted by atomic mass is 10.1. The summed E-state index contributed by atoms with van der Waals surface area (Å²) >= 11 is 0. The molecule has 0 bridgehead atoms. The number of hydrogen-bond donors (Lipinski definition) is 0. The zero-order valence-electron chi connectivity index (χ0n) is 23.0. The maximum atomic E-state index is 13.4. The van der Waals surface area contributed by atoms with Crippen LogP contribution in [0.25, 0.3) is 11.3 Å². The van der Waals surface area contributed by atoms with Crippen molar-refractivity contribution in [2.75, 3.05) is 65.0 Å². The summed E-state index contributed by atoms with van der Waals surface area (Å²) < 4.78 is 16.3. The number of aromatic nitrogens is 2. The number of rotatable bonds is 9. The molecule has 2 saturated heterocycles. The number of ether oxygens (including phenoxy) is 3. The first-order valence-corrected chi connectivity index (χ1v) is 13.6. The van der Waals surface area contributed by atoms with Crippen molar-refractivity contribution in [2.24, 2.45) is 0 Å². The molecular weight excluding hydrogens is 510 g/mol. The Labute approximate surface area is 234 Å². The van der Waals surface area contributed by atoms with Crippen LogP contribution in [0.5, 0.6) is 11.5 Å². The third-order valence-corrected chi connectivity index (χ3v) is 7.37. The van der Waals surface area contributed by atoms with E-state index in [0.717, 1.165) is 35.7 Å². The highest BCUT2D eigenvalue weighted by molar-refractivity contribution is 5.96. The molecule has 3 aromatic rings. The number of piperazine rings is 1. The third kappa shape index (κ3) is 6.51. The van der Waals surface area contributed by atoms with Crippen LogP contribution in [-0.2, 0) is 9.53 Å². The standard InChI is InChI=1S/C30H35N5O5/c1-38-24-10-8-22(9-11-24)30(37)35(20-26-7-4-18-40-26)21-29(36)34-16-14-33(15-17-34)28-13-12-27(31-32-28)23-5-3-6-25(19-23)39-2/h3,5-6,8-13,19,26H,4,7,14-18,20-21H2,1-2H3/t26-/m0/s1. The van der Waals surface area contributed by atoms with Gasteiger partial charge in [0.2, 0.25) is 5.91 Å². The summed E-state index contributed by atoms with van der Waals surface area (Å²) in [6, 6.07) is 18.6. The van der Waals surface area contributed by atoms with Crippen molar-refractivity contribution in [3.63, 3.8) is 0 Å². The first kappa shape index (κ1) is 27.4. The summed E-state index contributed by atoms with van der Waals surface area (Å²) in [6.07, 6.45) is 1.80. The van der Waals surface area contributed by atoms with Gasteiger partial charge in [0.25, 0.3) is 5.91 Å². The lowest BCUT2D eigenvalue weighted by Gasteiger charge is -2.36. The monoisotopic (exact) mass is 545 g/mol. The SMILES string of the molecule is COc1ccc(C(=O)N(CC(=O)N2CCN(c3ccc(-c4cccc(OC)c4)nn3)CC2)C[C@@H]2CCCO2)cc1. The fraction of sp³-hybridized carbons (Fsp3) is 0.400. The lowest BCUT2D eigenvalue weighted by molar-refractivity contribution is -0.132. The second kappa shape index (κ2) is 12.8. The minimum absolute atomic E-state index is 0.0137. The van der Waals surface area contributed by atoms with Gasteiger partial charge in [-0.05, 0) is 61.4 Å². The molecule has 5 rings (SSSR count). The number of carbonyl (C=O) groups excluding carboxylic acids is 2. The molecule has 2 amide bonds. The second-order valence-electron chi connectivity index (χ2n) is 9.93. The van der Waals surface area contributed by atoms with Crippen molar-refractivity contribution in [3.8, 4) is 22.8 Å². The van der Waals surface area contributed by atoms with Crippen molar-refractivity contribution < 1.29 is 23.8 Å². The molecule has 0 unspecified atom stereocenters. The predicted octanol–water partition coefficient (Wildman–Crippen LogP) is 3.13. The number of benzene rings is 2. The molecule has 2 fully saturated rings. The number of methoxy groups -OCH3 is 2. The van der Waals surface area contributed by atoms with Crippen LogP contribution in [0.15, 0.2) is 60.7 Å². The van der Waals surface area contributed by atoms with E-state index in [1.54, 1.807) is 43.4 Å². The van der Waals surface area contributed by atoms with Crippen LogP contribution in [0.1, 0.15) is 23.2 Å². The van der Waals surface area contributed by atoms with Gasteiger partial charge in [0, 0.05) is 50.5 Å². The van der Waals surface area contributed by atoms with Gasteiger partial charge in [-0.1, -0.05) is 12.1 Å². The highest BCUT2D eigenvalue weighted by Crippen LogP contribution is 2.23. The van der Waals surface area contributed by atoms with Crippen molar-refractivity contribution in [1.82, 2.24) is 20.0 Å². The van der Waals surface area contributed by atoms with Gasteiger partial charge in [-0.2, -0.15) is 0 Å². The van der Waals surface area contributed by atoms with Gasteiger partial charge in [0.05, 0.1) is 26.0 Å². The molecule has 10 nitrogen and oxygen atoms in total. The molecule has 0 N–H and O–H groups in total. The lowest BCUT2D eigenvalue weighted by Crippen LogP contribution is -2.52. The summed E-state index contributed by atoms with van der Waals surface area (Å²) in [6.45, 7) is 3.46. The molecule has 40 heavy (non-hydrogen) atoms. The molecule has 3 heterocycles. The smallest absolute Gasteiger partial charge is 0.254 e. The van der Waals surface area contributed by atoms with E-state index in [4.69, 9.17) is 14.2 Å². The quantitative estimate of drug-likeness (QED) is 0.405. The minimum Gasteiger partial charge on any atom is -0.497 e. The number of amides is 2. The summed E-state index contributed by atoms with van der Waals surface area (Å²) in [5.74, 6) is 1.96. The van der Waals surface area contributed by atoms with Crippen LogP contribution >= 0.6 is 0 Å². The molecule has 0 radical (unpaired) electrons. The van der Waals surface area contributed by atoms with E-state index in [-0.39, 0.29) is 24.5 Å². The second-order valence-corrected chi connectivity index (χ2v) is 9.93. The van der Waals surface area contributed by atoms with Crippen LogP contribution in [-0.4, -0.2) is 98.0 Å². The first-order chi connectivity index (χ1) is 19.5. The van der Waals surface area contributed by atoms with Gasteiger partial charge in [-0.25, -0.2) is 0 Å². The summed E-state index contributed by atoms with van der Waals surface area (Å²) in [7, 11) is 3.22. The number of anilines is 1. The van der Waals surface area contributed by atoms with E-state index >= 15 is 0 Å². The number of nitrogens with zero attached hydrogens (tertiary/aromatic N) is 5. The topological polar surface area (TPSA) is 97.3 Å². The maximum Gasteiger partial charge on any atom is 0.254 e. The first-order valence-electron chi connectivity index (χ1n) is 13.6. The Kier molecular flexibility index (Phi) is 8.75. The molecule has 2 aromatic carbocycles. The van der Waals surface area contributed by atoms with E-state index in [9.17, 15) is 9.59 Å². The van der Waals surface area contributed by atoms with E-state index < -0.39 is 0 Å². The fourth-order valence-electron chi connectivity index (χ4n) is 5.05. The van der Waals surface area contributed by atoms with Gasteiger partial charge in [0.1, 0.15) is 18.0 Å². The van der Waals surface area contributed by atoms with Crippen molar-refractivity contribution in [2.45, 2.75) is 18.9 Å². The molecule has 2 aliphatic heterocycles. The van der Waals surface area contributed by atoms with Gasteiger partial charge in [-0.15, -0.1) is 10.2 Å². The molecule has 1 aromatic heterocycles. The van der Waals surface area contributed by atoms with Gasteiger partial charge >= 0.3 is 0 Å². The Hall–Kier alpha value is -4.18. The van der Waals surface area contributed by atoms with Crippen LogP contribution in [0, 0.1) is 0 Å². The van der Waals surface area contributed by atoms with E-state index in [2.05, 4.69) is 15.1 Å². The van der Waals surface area contributed by atoms with Crippen LogP contribution < -0.4 is 14.4 Å². The zero-order valence-corrected chi connectivity index (χ0v) is 23.0. The third-order valence-electron chi connectivity index (χ3n) is 7.37. The number of hydrogen-bond acceptors (Lipinski definition) is 8. The van der Waals surface area contributed by atoms with Crippen molar-refractivity contribution >= 4 is 17.6 Å². The van der Waals surface area contributed by atoms with Crippen LogP contribution in [0.3, 0.4) is 0 Å². The average Bonchev–Trinajstić information content (AvgIpc) is 3.54. The Morgan fingerprint density at radius 3 is 2.38 bits per heavy atom. The summed E-state index contributed by atoms with van der Waals surface area (Å²) in [5, 5.41) is 8.84. The Bertz CT molecular complexity index is 1290. The molecule has 10 heteroatoms. The highest BCUT2D eigenvalue weighted by atomic mass is 16.5. The molecule has 0 aliphatic carbocycles. The van der Waals surface area contributed by atoms with E-state index in [0.29, 0.717) is 50.6 Å². The molecular formula is C30H35N5O5. The van der Waals surface area contributed by atoms with Crippen LogP contribution in [0.4, 0.5) is 5.82 Å². The Balaban J connectivity index is 1.19. The fourth-order valence-corrected chi connectivity index (χ4v) is 5.05. The number of carbonyl (C=O) groups is 2.